The van der Waals surface area contributed by atoms with E-state index in [9.17, 15) is 4.79 Å². The minimum Gasteiger partial charge on any atom is -0.341 e. The Kier molecular flexibility index (Phi) is 6.84. The molecule has 4 rings (SSSR count). The van der Waals surface area contributed by atoms with Gasteiger partial charge in [-0.05, 0) is 55.9 Å². The van der Waals surface area contributed by atoms with E-state index in [0.29, 0.717) is 5.92 Å². The lowest BCUT2D eigenvalue weighted by atomic mass is 9.98. The smallest absolute Gasteiger partial charge is 0.234 e. The van der Waals surface area contributed by atoms with Crippen molar-refractivity contribution >= 4 is 29.3 Å². The third kappa shape index (κ3) is 4.83. The maximum absolute atomic E-state index is 12.9. The fraction of sp³-hybridized carbons (Fsp3) is 0.400. The lowest BCUT2D eigenvalue weighted by molar-refractivity contribution is -0.113. The summed E-state index contributed by atoms with van der Waals surface area (Å²) in [6.07, 6.45) is 2.33. The van der Waals surface area contributed by atoms with Gasteiger partial charge in [0.25, 0.3) is 0 Å². The second-order valence-corrected chi connectivity index (χ2v) is 9.62. The van der Waals surface area contributed by atoms with Crippen LogP contribution in [-0.2, 0) is 4.79 Å². The van der Waals surface area contributed by atoms with Crippen LogP contribution in [0.2, 0.25) is 0 Å². The molecule has 2 heterocycles. The number of benzene rings is 2. The lowest BCUT2D eigenvalue weighted by Gasteiger charge is -2.18. The fourth-order valence-corrected chi connectivity index (χ4v) is 4.79. The van der Waals surface area contributed by atoms with Gasteiger partial charge in [-0.25, -0.2) is 0 Å². The molecule has 0 spiro atoms. The standard InChI is InChI=1S/C25H31N5OS/c1-17(2)21-9-7-8-19(4)23(21)26-22(31)16-32-25-28-27-24(29-14-5-6-15-29)30(25)20-12-10-18(3)11-13-20/h7-13,17H,5-6,14-16H2,1-4H3,(H,26,31). The molecule has 32 heavy (non-hydrogen) atoms. The summed E-state index contributed by atoms with van der Waals surface area (Å²) in [5.41, 5.74) is 5.38. The van der Waals surface area contributed by atoms with Crippen molar-refractivity contribution in [2.45, 2.75) is 51.6 Å². The number of hydrogen-bond acceptors (Lipinski definition) is 5. The average molecular weight is 450 g/mol. The molecule has 1 amide bonds. The van der Waals surface area contributed by atoms with Crippen LogP contribution in [0.5, 0.6) is 0 Å². The Balaban J connectivity index is 1.55. The Morgan fingerprint density at radius 1 is 1.06 bits per heavy atom. The van der Waals surface area contributed by atoms with Crippen LogP contribution in [-0.4, -0.2) is 39.5 Å². The van der Waals surface area contributed by atoms with E-state index in [1.807, 2.05) is 19.1 Å². The van der Waals surface area contributed by atoms with Crippen molar-refractivity contribution in [1.29, 1.82) is 0 Å². The summed E-state index contributed by atoms with van der Waals surface area (Å²) in [6.45, 7) is 10.4. The monoisotopic (exact) mass is 449 g/mol. The molecule has 6 nitrogen and oxygen atoms in total. The molecule has 0 bridgehead atoms. The van der Waals surface area contributed by atoms with Gasteiger partial charge in [-0.3, -0.25) is 9.36 Å². The van der Waals surface area contributed by atoms with Crippen molar-refractivity contribution in [3.05, 3.63) is 59.2 Å². The van der Waals surface area contributed by atoms with Gasteiger partial charge in [0.15, 0.2) is 5.16 Å². The number of aryl methyl sites for hydroxylation is 2. The summed E-state index contributed by atoms with van der Waals surface area (Å²) in [7, 11) is 0. The molecule has 0 atom stereocenters. The second-order valence-electron chi connectivity index (χ2n) is 8.68. The quantitative estimate of drug-likeness (QED) is 0.494. The third-order valence-corrected chi connectivity index (χ3v) is 6.75. The highest BCUT2D eigenvalue weighted by Crippen LogP contribution is 2.30. The zero-order valence-corrected chi connectivity index (χ0v) is 20.1. The molecule has 1 aliphatic heterocycles. The van der Waals surface area contributed by atoms with Crippen molar-refractivity contribution in [3.63, 3.8) is 0 Å². The van der Waals surface area contributed by atoms with Gasteiger partial charge in [-0.15, -0.1) is 10.2 Å². The molecule has 7 heteroatoms. The molecule has 2 aromatic carbocycles. The van der Waals surface area contributed by atoms with Crippen LogP contribution in [0.4, 0.5) is 11.6 Å². The van der Waals surface area contributed by atoms with Gasteiger partial charge in [0.2, 0.25) is 11.9 Å². The van der Waals surface area contributed by atoms with Crippen molar-refractivity contribution in [2.75, 3.05) is 29.1 Å². The summed E-state index contributed by atoms with van der Waals surface area (Å²) in [4.78, 5) is 15.1. The normalized spacial score (nSPS) is 13.7. The number of anilines is 2. The van der Waals surface area contributed by atoms with E-state index in [1.54, 1.807) is 0 Å². The predicted molar refractivity (Wildman–Crippen MR) is 132 cm³/mol. The van der Waals surface area contributed by atoms with E-state index in [4.69, 9.17) is 0 Å². The molecule has 1 N–H and O–H groups in total. The van der Waals surface area contributed by atoms with E-state index < -0.39 is 0 Å². The van der Waals surface area contributed by atoms with E-state index in [1.165, 1.54) is 30.2 Å². The number of thioether (sulfide) groups is 1. The third-order valence-electron chi connectivity index (χ3n) is 5.82. The van der Waals surface area contributed by atoms with Crippen LogP contribution in [0.3, 0.4) is 0 Å². The SMILES string of the molecule is Cc1ccc(-n2c(SCC(=O)Nc3c(C)cccc3C(C)C)nnc2N2CCCC2)cc1. The van der Waals surface area contributed by atoms with E-state index >= 15 is 0 Å². The molecule has 1 aromatic heterocycles. The summed E-state index contributed by atoms with van der Waals surface area (Å²) in [5.74, 6) is 1.43. The Morgan fingerprint density at radius 3 is 2.47 bits per heavy atom. The Bertz CT molecular complexity index is 1080. The molecule has 3 aromatic rings. The Labute approximate surface area is 194 Å². The van der Waals surface area contributed by atoms with Crippen LogP contribution < -0.4 is 10.2 Å². The van der Waals surface area contributed by atoms with Crippen molar-refractivity contribution in [3.8, 4) is 5.69 Å². The summed E-state index contributed by atoms with van der Waals surface area (Å²) < 4.78 is 2.08. The summed E-state index contributed by atoms with van der Waals surface area (Å²) in [5, 5.41) is 12.8. The van der Waals surface area contributed by atoms with Crippen molar-refractivity contribution in [2.24, 2.45) is 0 Å². The first-order chi connectivity index (χ1) is 15.4. The largest absolute Gasteiger partial charge is 0.341 e. The molecule has 1 saturated heterocycles. The maximum Gasteiger partial charge on any atom is 0.234 e. The molecule has 0 aliphatic carbocycles. The number of amides is 1. The molecule has 0 saturated carbocycles. The molecule has 168 valence electrons. The minimum absolute atomic E-state index is 0.0348. The number of rotatable bonds is 7. The van der Waals surface area contributed by atoms with Crippen molar-refractivity contribution < 1.29 is 4.79 Å². The number of carbonyl (C=O) groups excluding carboxylic acids is 1. The van der Waals surface area contributed by atoms with Gasteiger partial charge in [0, 0.05) is 18.8 Å². The molecule has 1 fully saturated rings. The summed E-state index contributed by atoms with van der Waals surface area (Å²) in [6, 6.07) is 14.5. The van der Waals surface area contributed by atoms with Gasteiger partial charge >= 0.3 is 0 Å². The van der Waals surface area contributed by atoms with Crippen LogP contribution in [0.25, 0.3) is 5.69 Å². The molecular formula is C25H31N5OS. The highest BCUT2D eigenvalue weighted by atomic mass is 32.2. The van der Waals surface area contributed by atoms with Crippen LogP contribution in [0.15, 0.2) is 47.6 Å². The van der Waals surface area contributed by atoms with Gasteiger partial charge < -0.3 is 10.2 Å². The Hall–Kier alpha value is -2.80. The van der Waals surface area contributed by atoms with Crippen molar-refractivity contribution in [1.82, 2.24) is 14.8 Å². The molecule has 1 aliphatic rings. The molecule has 0 radical (unpaired) electrons. The second kappa shape index (κ2) is 9.77. The maximum atomic E-state index is 12.9. The highest BCUT2D eigenvalue weighted by molar-refractivity contribution is 7.99. The number of nitrogens with zero attached hydrogens (tertiary/aromatic N) is 4. The first-order valence-corrected chi connectivity index (χ1v) is 12.2. The first kappa shape index (κ1) is 22.4. The molecular weight excluding hydrogens is 418 g/mol. The molecule has 0 unspecified atom stereocenters. The minimum atomic E-state index is -0.0348. The number of hydrogen-bond donors (Lipinski definition) is 1. The summed E-state index contributed by atoms with van der Waals surface area (Å²) >= 11 is 1.42. The number of aromatic nitrogens is 3. The van der Waals surface area contributed by atoms with Gasteiger partial charge in [-0.2, -0.15) is 0 Å². The number of para-hydroxylation sites is 1. The van der Waals surface area contributed by atoms with E-state index in [0.717, 1.165) is 46.7 Å². The Morgan fingerprint density at radius 2 is 1.78 bits per heavy atom. The highest BCUT2D eigenvalue weighted by Gasteiger charge is 2.23. The van der Waals surface area contributed by atoms with E-state index in [2.05, 4.69) is 76.1 Å². The fourth-order valence-electron chi connectivity index (χ4n) is 4.05. The van der Waals surface area contributed by atoms with Crippen LogP contribution in [0.1, 0.15) is 49.3 Å². The average Bonchev–Trinajstić information content (AvgIpc) is 3.44. The van der Waals surface area contributed by atoms with Gasteiger partial charge in [0.1, 0.15) is 0 Å². The number of nitrogens with one attached hydrogen (secondary N) is 1. The topological polar surface area (TPSA) is 63.1 Å². The lowest BCUT2D eigenvalue weighted by Crippen LogP contribution is -2.22. The zero-order chi connectivity index (χ0) is 22.7. The number of carbonyl (C=O) groups is 1. The van der Waals surface area contributed by atoms with E-state index in [-0.39, 0.29) is 11.7 Å². The van der Waals surface area contributed by atoms with Crippen LogP contribution in [0, 0.1) is 13.8 Å². The zero-order valence-electron chi connectivity index (χ0n) is 19.3. The van der Waals surface area contributed by atoms with Gasteiger partial charge in [0.05, 0.1) is 11.4 Å². The first-order valence-electron chi connectivity index (χ1n) is 11.2. The predicted octanol–water partition coefficient (Wildman–Crippen LogP) is 5.34. The van der Waals surface area contributed by atoms with Gasteiger partial charge in [-0.1, -0.05) is 61.5 Å². The van der Waals surface area contributed by atoms with Crippen LogP contribution >= 0.6 is 11.8 Å².